The van der Waals surface area contributed by atoms with Crippen LogP contribution in [-0.2, 0) is 9.59 Å². The van der Waals surface area contributed by atoms with Crippen LogP contribution < -0.4 is 15.4 Å². The number of hydrogen-bond donors (Lipinski definition) is 2. The summed E-state index contributed by atoms with van der Waals surface area (Å²) in [6, 6.07) is 14.8. The lowest BCUT2D eigenvalue weighted by molar-refractivity contribution is -0.118. The fourth-order valence-electron chi connectivity index (χ4n) is 2.43. The molecule has 0 aliphatic rings. The number of ether oxygens (including phenoxy) is 1. The SMILES string of the molecule is COc1ccccc1NC(=O)CSc1cccc(NC(=O)CC(C)(C)C)c1. The van der Waals surface area contributed by atoms with Crippen molar-refractivity contribution in [2.75, 3.05) is 23.5 Å². The van der Waals surface area contributed by atoms with Crippen LogP contribution in [0.15, 0.2) is 53.4 Å². The highest BCUT2D eigenvalue weighted by molar-refractivity contribution is 8.00. The number of benzene rings is 2. The maximum atomic E-state index is 12.2. The minimum absolute atomic E-state index is 0.0152. The Morgan fingerprint density at radius 3 is 2.44 bits per heavy atom. The first kappa shape index (κ1) is 20.8. The number of methoxy groups -OCH3 is 1. The average molecular weight is 387 g/mol. The second-order valence-electron chi connectivity index (χ2n) is 7.35. The van der Waals surface area contributed by atoms with Gasteiger partial charge < -0.3 is 15.4 Å². The zero-order valence-electron chi connectivity index (χ0n) is 16.2. The molecule has 0 spiro atoms. The summed E-state index contributed by atoms with van der Waals surface area (Å²) in [5.41, 5.74) is 1.32. The monoisotopic (exact) mass is 386 g/mol. The van der Waals surface area contributed by atoms with Crippen LogP contribution in [0.25, 0.3) is 0 Å². The summed E-state index contributed by atoms with van der Waals surface area (Å²) in [5, 5.41) is 5.76. The third kappa shape index (κ3) is 7.35. The van der Waals surface area contributed by atoms with E-state index in [1.165, 1.54) is 11.8 Å². The van der Waals surface area contributed by atoms with Crippen LogP contribution in [0.4, 0.5) is 11.4 Å². The molecule has 0 bridgehead atoms. The van der Waals surface area contributed by atoms with E-state index in [4.69, 9.17) is 4.74 Å². The lowest BCUT2D eigenvalue weighted by Crippen LogP contribution is -2.19. The number of hydrogen-bond acceptors (Lipinski definition) is 4. The summed E-state index contributed by atoms with van der Waals surface area (Å²) in [4.78, 5) is 25.2. The van der Waals surface area contributed by atoms with Crippen molar-refractivity contribution in [2.45, 2.75) is 32.1 Å². The smallest absolute Gasteiger partial charge is 0.234 e. The molecule has 0 radical (unpaired) electrons. The normalized spacial score (nSPS) is 11.0. The molecule has 2 N–H and O–H groups in total. The first-order valence-electron chi connectivity index (χ1n) is 8.72. The number of anilines is 2. The highest BCUT2D eigenvalue weighted by atomic mass is 32.2. The summed E-state index contributed by atoms with van der Waals surface area (Å²) in [6.45, 7) is 6.08. The van der Waals surface area contributed by atoms with Crippen molar-refractivity contribution < 1.29 is 14.3 Å². The second-order valence-corrected chi connectivity index (χ2v) is 8.40. The van der Waals surface area contributed by atoms with E-state index < -0.39 is 0 Å². The molecule has 0 aliphatic heterocycles. The Bertz CT molecular complexity index is 800. The molecule has 144 valence electrons. The number of para-hydroxylation sites is 2. The van der Waals surface area contributed by atoms with Gasteiger partial charge in [-0.3, -0.25) is 9.59 Å². The highest BCUT2D eigenvalue weighted by Crippen LogP contribution is 2.26. The van der Waals surface area contributed by atoms with Crippen molar-refractivity contribution >= 4 is 35.0 Å². The van der Waals surface area contributed by atoms with Crippen molar-refractivity contribution in [3.05, 3.63) is 48.5 Å². The summed E-state index contributed by atoms with van der Waals surface area (Å²) in [7, 11) is 1.57. The van der Waals surface area contributed by atoms with E-state index in [0.29, 0.717) is 17.9 Å². The van der Waals surface area contributed by atoms with Crippen LogP contribution in [0.2, 0.25) is 0 Å². The molecule has 2 aromatic rings. The van der Waals surface area contributed by atoms with Crippen molar-refractivity contribution in [1.29, 1.82) is 0 Å². The standard InChI is InChI=1S/C21H26N2O3S/c1-21(2,3)13-19(24)22-15-8-7-9-16(12-15)27-14-20(25)23-17-10-5-6-11-18(17)26-4/h5-12H,13-14H2,1-4H3,(H,22,24)(H,23,25). The quantitative estimate of drug-likeness (QED) is 0.671. The maximum absolute atomic E-state index is 12.2. The number of rotatable bonds is 7. The zero-order chi connectivity index (χ0) is 19.9. The van der Waals surface area contributed by atoms with Gasteiger partial charge in [-0.2, -0.15) is 0 Å². The van der Waals surface area contributed by atoms with E-state index >= 15 is 0 Å². The highest BCUT2D eigenvalue weighted by Gasteiger charge is 2.16. The fourth-order valence-corrected chi connectivity index (χ4v) is 3.19. The lowest BCUT2D eigenvalue weighted by Gasteiger charge is -2.17. The number of amides is 2. The molecule has 5 nitrogen and oxygen atoms in total. The Kier molecular flexibility index (Phi) is 7.30. The molecule has 2 rings (SSSR count). The van der Waals surface area contributed by atoms with E-state index in [1.807, 2.05) is 57.2 Å². The Morgan fingerprint density at radius 1 is 1.00 bits per heavy atom. The summed E-state index contributed by atoms with van der Waals surface area (Å²) >= 11 is 1.41. The van der Waals surface area contributed by atoms with Gasteiger partial charge in [-0.05, 0) is 35.7 Å². The average Bonchev–Trinajstić information content (AvgIpc) is 2.59. The van der Waals surface area contributed by atoms with Gasteiger partial charge in [-0.15, -0.1) is 11.8 Å². The molecule has 0 atom stereocenters. The van der Waals surface area contributed by atoms with E-state index in [1.54, 1.807) is 19.2 Å². The predicted molar refractivity (Wildman–Crippen MR) is 111 cm³/mol. The van der Waals surface area contributed by atoms with E-state index in [9.17, 15) is 9.59 Å². The molecule has 0 saturated carbocycles. The van der Waals surface area contributed by atoms with Gasteiger partial charge in [0.25, 0.3) is 0 Å². The molecule has 2 amide bonds. The first-order chi connectivity index (χ1) is 12.8. The zero-order valence-corrected chi connectivity index (χ0v) is 17.0. The van der Waals surface area contributed by atoms with Gasteiger partial charge in [-0.25, -0.2) is 0 Å². The van der Waals surface area contributed by atoms with Crippen molar-refractivity contribution in [3.63, 3.8) is 0 Å². The van der Waals surface area contributed by atoms with Crippen LogP contribution in [0.1, 0.15) is 27.2 Å². The van der Waals surface area contributed by atoms with Crippen LogP contribution in [0.5, 0.6) is 5.75 Å². The van der Waals surface area contributed by atoms with Crippen LogP contribution in [0.3, 0.4) is 0 Å². The molecule has 2 aromatic carbocycles. The van der Waals surface area contributed by atoms with Gasteiger partial charge in [-0.1, -0.05) is 39.0 Å². The van der Waals surface area contributed by atoms with Crippen LogP contribution >= 0.6 is 11.8 Å². The largest absolute Gasteiger partial charge is 0.495 e. The lowest BCUT2D eigenvalue weighted by atomic mass is 9.92. The molecule has 27 heavy (non-hydrogen) atoms. The molecule has 0 aromatic heterocycles. The maximum Gasteiger partial charge on any atom is 0.234 e. The Labute approximate surface area is 164 Å². The third-order valence-electron chi connectivity index (χ3n) is 3.56. The Morgan fingerprint density at radius 2 is 1.74 bits per heavy atom. The first-order valence-corrected chi connectivity index (χ1v) is 9.71. The van der Waals surface area contributed by atoms with E-state index in [2.05, 4.69) is 10.6 Å². The van der Waals surface area contributed by atoms with Crippen molar-refractivity contribution in [3.8, 4) is 5.75 Å². The number of carbonyl (C=O) groups is 2. The molecule has 0 aliphatic carbocycles. The Balaban J connectivity index is 1.90. The fraction of sp³-hybridized carbons (Fsp3) is 0.333. The molecule has 0 fully saturated rings. The van der Waals surface area contributed by atoms with Gasteiger partial charge in [0.2, 0.25) is 11.8 Å². The number of nitrogens with one attached hydrogen (secondary N) is 2. The molecule has 6 heteroatoms. The summed E-state index contributed by atoms with van der Waals surface area (Å²) in [5.74, 6) is 0.752. The van der Waals surface area contributed by atoms with Gasteiger partial charge in [0.15, 0.2) is 0 Å². The predicted octanol–water partition coefficient (Wildman–Crippen LogP) is 4.80. The minimum atomic E-state index is -0.119. The summed E-state index contributed by atoms with van der Waals surface area (Å²) in [6.07, 6.45) is 0.450. The third-order valence-corrected chi connectivity index (χ3v) is 4.55. The molecule has 0 heterocycles. The van der Waals surface area contributed by atoms with Crippen LogP contribution in [-0.4, -0.2) is 24.7 Å². The number of thioether (sulfide) groups is 1. The van der Waals surface area contributed by atoms with E-state index in [-0.39, 0.29) is 23.0 Å². The van der Waals surface area contributed by atoms with Gasteiger partial charge in [0.1, 0.15) is 5.75 Å². The van der Waals surface area contributed by atoms with Crippen molar-refractivity contribution in [2.24, 2.45) is 5.41 Å². The van der Waals surface area contributed by atoms with Gasteiger partial charge in [0.05, 0.1) is 18.6 Å². The molecule has 0 saturated heterocycles. The topological polar surface area (TPSA) is 67.4 Å². The second kappa shape index (κ2) is 9.46. The van der Waals surface area contributed by atoms with Gasteiger partial charge >= 0.3 is 0 Å². The molecule has 0 unspecified atom stereocenters. The molecular formula is C21H26N2O3S. The molecular weight excluding hydrogens is 360 g/mol. The Hall–Kier alpha value is -2.47. The van der Waals surface area contributed by atoms with Gasteiger partial charge in [0, 0.05) is 17.0 Å². The minimum Gasteiger partial charge on any atom is -0.495 e. The van der Waals surface area contributed by atoms with Crippen LogP contribution in [0, 0.1) is 5.41 Å². The summed E-state index contributed by atoms with van der Waals surface area (Å²) < 4.78 is 5.23. The number of carbonyl (C=O) groups excluding carboxylic acids is 2. The van der Waals surface area contributed by atoms with E-state index in [0.717, 1.165) is 10.6 Å². The van der Waals surface area contributed by atoms with Crippen molar-refractivity contribution in [1.82, 2.24) is 0 Å².